The fourth-order valence-electron chi connectivity index (χ4n) is 3.09. The largest absolute Gasteiger partial charge is 0.314 e. The van der Waals surface area contributed by atoms with E-state index in [0.717, 1.165) is 35.3 Å². The lowest BCUT2D eigenvalue weighted by Gasteiger charge is -2.36. The molecule has 0 aliphatic carbocycles. The zero-order valence-corrected chi connectivity index (χ0v) is 11.8. The van der Waals surface area contributed by atoms with E-state index in [1.54, 1.807) is 0 Å². The second kappa shape index (κ2) is 5.97. The first kappa shape index (κ1) is 14.4. The van der Waals surface area contributed by atoms with Gasteiger partial charge in [0, 0.05) is 26.2 Å². The molecule has 1 heterocycles. The van der Waals surface area contributed by atoms with Crippen molar-refractivity contribution in [1.82, 2.24) is 10.2 Å². The summed E-state index contributed by atoms with van der Waals surface area (Å²) in [4.78, 5) is 1.91. The summed E-state index contributed by atoms with van der Waals surface area (Å²) in [5.41, 5.74) is 3.89. The van der Waals surface area contributed by atoms with Crippen LogP contribution in [0.4, 0.5) is 8.78 Å². The molecule has 0 radical (unpaired) electrons. The number of halogens is 2. The molecule has 4 heteroatoms. The quantitative estimate of drug-likeness (QED) is 0.907. The van der Waals surface area contributed by atoms with Crippen LogP contribution in [0.5, 0.6) is 0 Å². The lowest BCUT2D eigenvalue weighted by atomic mass is 9.93. The maximum absolute atomic E-state index is 13.6. The Hall–Kier alpha value is -1.00. The molecule has 1 aromatic rings. The molecule has 2 rings (SSSR count). The number of nitrogens with one attached hydrogen (secondary N) is 1. The first-order chi connectivity index (χ1) is 9.00. The van der Waals surface area contributed by atoms with Gasteiger partial charge in [0.25, 0.3) is 6.43 Å². The molecule has 0 amide bonds. The Morgan fingerprint density at radius 2 is 1.58 bits per heavy atom. The highest BCUT2D eigenvalue weighted by Crippen LogP contribution is 2.33. The maximum atomic E-state index is 13.6. The Morgan fingerprint density at radius 3 is 2.05 bits per heavy atom. The van der Waals surface area contributed by atoms with Crippen molar-refractivity contribution in [2.45, 2.75) is 33.2 Å². The summed E-state index contributed by atoms with van der Waals surface area (Å²) < 4.78 is 27.1. The van der Waals surface area contributed by atoms with Crippen LogP contribution in [-0.2, 0) is 0 Å². The first-order valence-electron chi connectivity index (χ1n) is 6.81. The van der Waals surface area contributed by atoms with Crippen LogP contribution in [0.3, 0.4) is 0 Å². The van der Waals surface area contributed by atoms with Crippen LogP contribution in [-0.4, -0.2) is 37.5 Å². The third kappa shape index (κ3) is 3.12. The minimum absolute atomic E-state index is 0.682. The van der Waals surface area contributed by atoms with Gasteiger partial charge in [-0.3, -0.25) is 4.90 Å². The molecule has 0 aromatic heterocycles. The number of hydrogen-bond donors (Lipinski definition) is 1. The van der Waals surface area contributed by atoms with Crippen LogP contribution in [0.1, 0.15) is 28.3 Å². The van der Waals surface area contributed by atoms with Gasteiger partial charge < -0.3 is 5.32 Å². The summed E-state index contributed by atoms with van der Waals surface area (Å²) in [5.74, 6) is 0. The molecular weight excluding hydrogens is 246 g/mol. The summed E-state index contributed by atoms with van der Waals surface area (Å²) in [6.45, 7) is 8.82. The number of alkyl halides is 2. The van der Waals surface area contributed by atoms with Gasteiger partial charge in [-0.05, 0) is 37.5 Å². The highest BCUT2D eigenvalue weighted by molar-refractivity contribution is 5.40. The lowest BCUT2D eigenvalue weighted by molar-refractivity contribution is 0.0175. The second-order valence-electron chi connectivity index (χ2n) is 5.38. The molecule has 106 valence electrons. The molecule has 0 bridgehead atoms. The van der Waals surface area contributed by atoms with Crippen LogP contribution < -0.4 is 5.32 Å². The molecule has 1 N–H and O–H groups in total. The summed E-state index contributed by atoms with van der Waals surface area (Å²) in [6.07, 6.45) is -2.35. The molecule has 2 nitrogen and oxygen atoms in total. The summed E-state index contributed by atoms with van der Waals surface area (Å²) in [5, 5.41) is 3.21. The Labute approximate surface area is 113 Å². The van der Waals surface area contributed by atoms with Crippen LogP contribution in [0, 0.1) is 20.8 Å². The second-order valence-corrected chi connectivity index (χ2v) is 5.38. The van der Waals surface area contributed by atoms with Crippen molar-refractivity contribution in [2.75, 3.05) is 26.2 Å². The number of hydrogen-bond acceptors (Lipinski definition) is 2. The fraction of sp³-hybridized carbons (Fsp3) is 0.600. The van der Waals surface area contributed by atoms with Crippen LogP contribution in [0.15, 0.2) is 12.1 Å². The van der Waals surface area contributed by atoms with Gasteiger partial charge in [0.15, 0.2) is 0 Å². The number of rotatable bonds is 3. The van der Waals surface area contributed by atoms with Crippen molar-refractivity contribution in [3.05, 3.63) is 34.4 Å². The molecular formula is C15H22F2N2. The SMILES string of the molecule is Cc1cc(C)c([C@H](C(F)F)N2CCNCC2)c(C)c1. The van der Waals surface area contributed by atoms with Crippen LogP contribution >= 0.6 is 0 Å². The standard InChI is InChI=1S/C15H22F2N2/c1-10-8-11(2)13(12(3)9-10)14(15(16)17)19-6-4-18-5-7-19/h8-9,14-15,18H,4-7H2,1-3H3/t14-/m1/s1. The molecule has 1 aliphatic rings. The third-order valence-corrected chi connectivity index (χ3v) is 3.82. The predicted molar refractivity (Wildman–Crippen MR) is 73.8 cm³/mol. The third-order valence-electron chi connectivity index (χ3n) is 3.82. The highest BCUT2D eigenvalue weighted by atomic mass is 19.3. The van der Waals surface area contributed by atoms with Crippen molar-refractivity contribution in [3.63, 3.8) is 0 Å². The van der Waals surface area contributed by atoms with E-state index >= 15 is 0 Å². The summed E-state index contributed by atoms with van der Waals surface area (Å²) in [7, 11) is 0. The predicted octanol–water partition coefficient (Wildman–Crippen LogP) is 2.82. The van der Waals surface area contributed by atoms with Crippen molar-refractivity contribution in [3.8, 4) is 0 Å². The Balaban J connectivity index is 2.38. The zero-order chi connectivity index (χ0) is 14.0. The first-order valence-corrected chi connectivity index (χ1v) is 6.81. The monoisotopic (exact) mass is 268 g/mol. The minimum Gasteiger partial charge on any atom is -0.314 e. The minimum atomic E-state index is -2.35. The van der Waals surface area contributed by atoms with E-state index in [2.05, 4.69) is 5.32 Å². The van der Waals surface area contributed by atoms with Gasteiger partial charge in [-0.1, -0.05) is 17.7 Å². The smallest absolute Gasteiger partial charge is 0.258 e. The van der Waals surface area contributed by atoms with Gasteiger partial charge in [0.1, 0.15) is 0 Å². The molecule has 0 spiro atoms. The van der Waals surface area contributed by atoms with Crippen molar-refractivity contribution < 1.29 is 8.78 Å². The number of piperazine rings is 1. The van der Waals surface area contributed by atoms with E-state index in [0.29, 0.717) is 13.1 Å². The van der Waals surface area contributed by atoms with Gasteiger partial charge in [-0.2, -0.15) is 0 Å². The number of benzene rings is 1. The van der Waals surface area contributed by atoms with Gasteiger partial charge in [-0.15, -0.1) is 0 Å². The molecule has 1 fully saturated rings. The van der Waals surface area contributed by atoms with E-state index in [1.807, 2.05) is 37.8 Å². The topological polar surface area (TPSA) is 15.3 Å². The Bertz CT molecular complexity index is 417. The average molecular weight is 268 g/mol. The van der Waals surface area contributed by atoms with E-state index in [-0.39, 0.29) is 0 Å². The van der Waals surface area contributed by atoms with E-state index < -0.39 is 12.5 Å². The normalized spacial score (nSPS) is 18.8. The molecule has 1 saturated heterocycles. The van der Waals surface area contributed by atoms with Gasteiger partial charge in [0.05, 0.1) is 6.04 Å². The average Bonchev–Trinajstić information content (AvgIpc) is 2.34. The Kier molecular flexibility index (Phi) is 4.53. The van der Waals surface area contributed by atoms with Gasteiger partial charge in [-0.25, -0.2) is 8.78 Å². The van der Waals surface area contributed by atoms with E-state index in [9.17, 15) is 8.78 Å². The van der Waals surface area contributed by atoms with E-state index in [4.69, 9.17) is 0 Å². The summed E-state index contributed by atoms with van der Waals surface area (Å²) in [6, 6.07) is 3.22. The highest BCUT2D eigenvalue weighted by Gasteiger charge is 2.32. The Morgan fingerprint density at radius 1 is 1.05 bits per heavy atom. The van der Waals surface area contributed by atoms with Crippen molar-refractivity contribution in [2.24, 2.45) is 0 Å². The van der Waals surface area contributed by atoms with Crippen molar-refractivity contribution in [1.29, 1.82) is 0 Å². The molecule has 1 aromatic carbocycles. The van der Waals surface area contributed by atoms with Gasteiger partial charge in [0.2, 0.25) is 0 Å². The van der Waals surface area contributed by atoms with Gasteiger partial charge >= 0.3 is 0 Å². The fourth-order valence-corrected chi connectivity index (χ4v) is 3.09. The van der Waals surface area contributed by atoms with Crippen LogP contribution in [0.2, 0.25) is 0 Å². The van der Waals surface area contributed by atoms with E-state index in [1.165, 1.54) is 0 Å². The molecule has 19 heavy (non-hydrogen) atoms. The molecule has 0 unspecified atom stereocenters. The molecule has 1 atom stereocenters. The molecule has 0 saturated carbocycles. The number of aryl methyl sites for hydroxylation is 3. The van der Waals surface area contributed by atoms with Crippen molar-refractivity contribution >= 4 is 0 Å². The summed E-state index contributed by atoms with van der Waals surface area (Å²) >= 11 is 0. The lowest BCUT2D eigenvalue weighted by Crippen LogP contribution is -2.47. The zero-order valence-electron chi connectivity index (χ0n) is 11.8. The van der Waals surface area contributed by atoms with Crippen LogP contribution in [0.25, 0.3) is 0 Å². The maximum Gasteiger partial charge on any atom is 0.258 e. The number of nitrogens with zero attached hydrogens (tertiary/aromatic N) is 1. The molecule has 1 aliphatic heterocycles.